The van der Waals surface area contributed by atoms with E-state index < -0.39 is 76.7 Å². The number of hydrogen-bond acceptors (Lipinski definition) is 7. The van der Waals surface area contributed by atoms with Crippen molar-refractivity contribution in [3.8, 4) is 0 Å². The number of carbonyl (C=O) groups excluding carboxylic acids is 1. The second-order valence-electron chi connectivity index (χ2n) is 7.33. The first-order chi connectivity index (χ1) is 15.8. The molecule has 0 spiro atoms. The van der Waals surface area contributed by atoms with E-state index in [9.17, 15) is 31.1 Å². The zero-order valence-corrected chi connectivity index (χ0v) is 18.2. The molecule has 1 aliphatic rings. The number of rotatable bonds is 7. The number of Topliss-reactive ketones (excluding diaryl/α,β-unsaturated/α-hetero) is 1. The van der Waals surface area contributed by atoms with Crippen LogP contribution in [0.3, 0.4) is 0 Å². The van der Waals surface area contributed by atoms with Gasteiger partial charge in [-0.1, -0.05) is 11.6 Å². The molecule has 0 amide bonds. The van der Waals surface area contributed by atoms with E-state index in [1.807, 2.05) is 0 Å². The molecule has 0 saturated heterocycles. The number of methoxy groups -OCH3 is 1. The van der Waals surface area contributed by atoms with Crippen molar-refractivity contribution >= 4 is 23.4 Å². The zero-order chi connectivity index (χ0) is 25.3. The summed E-state index contributed by atoms with van der Waals surface area (Å²) in [5.41, 5.74) is 0.289. The number of carbonyl (C=O) groups is 1. The summed E-state index contributed by atoms with van der Waals surface area (Å²) in [7, 11) is 1.25. The lowest BCUT2D eigenvalue weighted by molar-refractivity contribution is -0.137. The Morgan fingerprint density at radius 3 is 2.65 bits per heavy atom. The maximum Gasteiger partial charge on any atom is 0.417 e. The quantitative estimate of drug-likeness (QED) is 0.448. The van der Waals surface area contributed by atoms with Gasteiger partial charge in [-0.3, -0.25) is 14.8 Å². The Balaban J connectivity index is 2.00. The highest BCUT2D eigenvalue weighted by Crippen LogP contribution is 2.46. The van der Waals surface area contributed by atoms with Gasteiger partial charge < -0.3 is 15.2 Å². The Kier molecular flexibility index (Phi) is 7.08. The van der Waals surface area contributed by atoms with Gasteiger partial charge in [-0.25, -0.2) is 9.38 Å². The number of halogens is 7. The van der Waals surface area contributed by atoms with Crippen molar-refractivity contribution in [1.82, 2.24) is 9.97 Å². The van der Waals surface area contributed by atoms with Crippen LogP contribution in [0.25, 0.3) is 0 Å². The van der Waals surface area contributed by atoms with E-state index in [1.165, 1.54) is 7.11 Å². The molecule has 0 bridgehead atoms. The van der Waals surface area contributed by atoms with Crippen LogP contribution in [-0.2, 0) is 27.6 Å². The van der Waals surface area contributed by atoms with Crippen LogP contribution in [0.1, 0.15) is 33.9 Å². The van der Waals surface area contributed by atoms with Crippen LogP contribution in [0.4, 0.5) is 26.3 Å². The van der Waals surface area contributed by atoms with Gasteiger partial charge in [-0.05, 0) is 18.2 Å². The van der Waals surface area contributed by atoms with Crippen molar-refractivity contribution < 1.29 is 40.6 Å². The van der Waals surface area contributed by atoms with E-state index in [2.05, 4.69) is 19.7 Å². The molecule has 0 aromatic carbocycles. The normalized spacial score (nSPS) is 19.9. The second-order valence-corrected chi connectivity index (χ2v) is 7.74. The van der Waals surface area contributed by atoms with Crippen LogP contribution in [0.15, 0.2) is 29.4 Å². The Bertz CT molecular complexity index is 1130. The van der Waals surface area contributed by atoms with Crippen LogP contribution in [0, 0.1) is 5.82 Å². The average Bonchev–Trinajstić information content (AvgIpc) is 2.75. The van der Waals surface area contributed by atoms with Gasteiger partial charge in [0.15, 0.2) is 17.9 Å². The van der Waals surface area contributed by atoms with E-state index in [1.54, 1.807) is 0 Å². The largest absolute Gasteiger partial charge is 0.459 e. The predicted octanol–water partition coefficient (Wildman–Crippen LogP) is 3.93. The van der Waals surface area contributed by atoms with Crippen molar-refractivity contribution in [3.05, 3.63) is 57.9 Å². The molecule has 3 heterocycles. The van der Waals surface area contributed by atoms with Crippen molar-refractivity contribution in [2.75, 3.05) is 20.3 Å². The van der Waals surface area contributed by atoms with Gasteiger partial charge >= 0.3 is 12.1 Å². The lowest BCUT2D eigenvalue weighted by Crippen LogP contribution is -2.54. The summed E-state index contributed by atoms with van der Waals surface area (Å²) in [6.07, 6.45) is -5.43. The molecule has 0 unspecified atom stereocenters. The molecule has 0 saturated carbocycles. The van der Waals surface area contributed by atoms with E-state index >= 15 is 0 Å². The number of ketones is 1. The van der Waals surface area contributed by atoms with Crippen LogP contribution in [0.2, 0.25) is 5.02 Å². The first-order valence-electron chi connectivity index (χ1n) is 9.57. The summed E-state index contributed by atoms with van der Waals surface area (Å²) >= 11 is 5.79. The van der Waals surface area contributed by atoms with Crippen molar-refractivity contribution in [2.24, 2.45) is 10.7 Å². The van der Waals surface area contributed by atoms with Gasteiger partial charge in [0.2, 0.25) is 0 Å². The fraction of sp³-hybridized carbons (Fsp3) is 0.400. The topological polar surface area (TPSA) is 99.7 Å². The van der Waals surface area contributed by atoms with Crippen LogP contribution in [0.5, 0.6) is 0 Å². The highest BCUT2D eigenvalue weighted by molar-refractivity contribution is 6.33. The summed E-state index contributed by atoms with van der Waals surface area (Å²) < 4.78 is 92.6. The van der Waals surface area contributed by atoms with E-state index in [0.29, 0.717) is 12.3 Å². The van der Waals surface area contributed by atoms with Gasteiger partial charge in [-0.2, -0.15) is 22.0 Å². The van der Waals surface area contributed by atoms with Crippen LogP contribution >= 0.6 is 11.6 Å². The minimum absolute atomic E-state index is 0.174. The third-order valence-corrected chi connectivity index (χ3v) is 5.33. The molecule has 1 aliphatic heterocycles. The first-order valence-corrected chi connectivity index (χ1v) is 9.95. The maximum absolute atomic E-state index is 15.0. The fourth-order valence-corrected chi connectivity index (χ4v) is 3.61. The minimum atomic E-state index is -4.72. The standard InChI is InChI=1S/C20H17ClF6N4O3/c1-33-5-4-18(19(23,24)9-34-17(28)31-18)16-13(22)3-2-11(30-16)7-14(32)15-12(21)6-10(8-29-15)20(25,26)27/h2-3,6,8H,4-5,7,9H2,1H3,(H2,28,31)/t18-/m1/s1. The molecule has 1 atom stereocenters. The number of alkyl halides is 5. The Morgan fingerprint density at radius 2 is 2.03 bits per heavy atom. The van der Waals surface area contributed by atoms with Gasteiger partial charge in [0.1, 0.15) is 17.2 Å². The zero-order valence-electron chi connectivity index (χ0n) is 17.4. The number of aliphatic imine (C=N–C) groups is 1. The number of pyridine rings is 2. The second kappa shape index (κ2) is 9.37. The molecule has 2 aromatic heterocycles. The first kappa shape index (κ1) is 25.7. The Morgan fingerprint density at radius 1 is 1.32 bits per heavy atom. The third-order valence-electron chi connectivity index (χ3n) is 5.05. The van der Waals surface area contributed by atoms with Gasteiger partial charge in [0.25, 0.3) is 6.02 Å². The van der Waals surface area contributed by atoms with E-state index in [-0.39, 0.29) is 12.3 Å². The van der Waals surface area contributed by atoms with E-state index in [4.69, 9.17) is 22.1 Å². The molecule has 2 aromatic rings. The molecule has 184 valence electrons. The lowest BCUT2D eigenvalue weighted by atomic mass is 9.83. The monoisotopic (exact) mass is 510 g/mol. The summed E-state index contributed by atoms with van der Waals surface area (Å²) in [6, 6.07) is 1.80. The van der Waals surface area contributed by atoms with Crippen molar-refractivity contribution in [2.45, 2.75) is 30.5 Å². The molecule has 0 radical (unpaired) electrons. The summed E-state index contributed by atoms with van der Waals surface area (Å²) in [4.78, 5) is 23.6. The molecular formula is C20H17ClF6N4O3. The number of aromatic nitrogens is 2. The number of nitrogens with two attached hydrogens (primary N) is 1. The Hall–Kier alpha value is -2.93. The molecule has 34 heavy (non-hydrogen) atoms. The lowest BCUT2D eigenvalue weighted by Gasteiger charge is -2.39. The number of nitrogens with zero attached hydrogens (tertiary/aromatic N) is 3. The molecule has 2 N–H and O–H groups in total. The highest BCUT2D eigenvalue weighted by Gasteiger charge is 2.60. The third kappa shape index (κ3) is 4.94. The van der Waals surface area contributed by atoms with E-state index in [0.717, 1.165) is 12.1 Å². The number of amidine groups is 1. The van der Waals surface area contributed by atoms with Crippen molar-refractivity contribution in [3.63, 3.8) is 0 Å². The van der Waals surface area contributed by atoms with Gasteiger partial charge in [0, 0.05) is 32.0 Å². The van der Waals surface area contributed by atoms with Gasteiger partial charge in [0.05, 0.1) is 17.0 Å². The number of hydrogen-bond donors (Lipinski definition) is 1. The summed E-state index contributed by atoms with van der Waals surface area (Å²) in [5.74, 6) is -5.75. The predicted molar refractivity (Wildman–Crippen MR) is 107 cm³/mol. The van der Waals surface area contributed by atoms with Gasteiger partial charge in [-0.15, -0.1) is 0 Å². The minimum Gasteiger partial charge on any atom is -0.459 e. The van der Waals surface area contributed by atoms with Crippen molar-refractivity contribution in [1.29, 1.82) is 0 Å². The summed E-state index contributed by atoms with van der Waals surface area (Å²) in [5, 5.41) is -0.563. The smallest absolute Gasteiger partial charge is 0.417 e. The SMILES string of the molecule is COCC[C@]1(c2nc(CC(=O)c3ncc(C(F)(F)F)cc3Cl)ccc2F)N=C(N)OCC1(F)F. The molecule has 14 heteroatoms. The maximum atomic E-state index is 15.0. The van der Waals surface area contributed by atoms with Crippen LogP contribution in [-0.4, -0.2) is 48.0 Å². The fourth-order valence-electron chi connectivity index (χ4n) is 3.34. The highest BCUT2D eigenvalue weighted by atomic mass is 35.5. The Labute approximate surface area is 193 Å². The molecular weight excluding hydrogens is 494 g/mol. The average molecular weight is 511 g/mol. The number of ether oxygens (including phenoxy) is 2. The van der Waals surface area contributed by atoms with Crippen LogP contribution < -0.4 is 5.73 Å². The molecule has 3 rings (SSSR count). The molecule has 0 fully saturated rings. The molecule has 0 aliphatic carbocycles. The summed E-state index contributed by atoms with van der Waals surface area (Å²) in [6.45, 7) is -1.46. The molecule has 7 nitrogen and oxygen atoms in total.